The van der Waals surface area contributed by atoms with Gasteiger partial charge in [0.1, 0.15) is 6.04 Å². The minimum absolute atomic E-state index is 0.167. The molecule has 0 bridgehead atoms. The maximum absolute atomic E-state index is 13.9. The van der Waals surface area contributed by atoms with Crippen LogP contribution in [0.25, 0.3) is 10.9 Å². The number of aromatic nitrogens is 5. The van der Waals surface area contributed by atoms with Crippen LogP contribution in [0.4, 0.5) is 0 Å². The van der Waals surface area contributed by atoms with E-state index in [1.807, 2.05) is 47.1 Å². The van der Waals surface area contributed by atoms with Crippen molar-refractivity contribution in [3.8, 4) is 11.5 Å². The molecule has 1 N–H and O–H groups in total. The molecular weight excluding hydrogens is 516 g/mol. The fourth-order valence-corrected chi connectivity index (χ4v) is 6.14. The Kier molecular flexibility index (Phi) is 6.94. The summed E-state index contributed by atoms with van der Waals surface area (Å²) >= 11 is 0. The number of nitrogens with zero attached hydrogens (tertiary/aromatic N) is 5. The minimum atomic E-state index is -0.465. The number of hydrogen-bond donors (Lipinski definition) is 1. The molecule has 2 aromatic heterocycles. The summed E-state index contributed by atoms with van der Waals surface area (Å²) in [6.07, 6.45) is 5.19. The van der Waals surface area contributed by atoms with Crippen molar-refractivity contribution in [1.29, 1.82) is 0 Å². The molecule has 0 radical (unpaired) electrons. The first-order valence-corrected chi connectivity index (χ1v) is 14.3. The lowest BCUT2D eigenvalue weighted by Crippen LogP contribution is -2.36. The van der Waals surface area contributed by atoms with Crippen molar-refractivity contribution < 1.29 is 9.47 Å². The molecule has 208 valence electrons. The van der Waals surface area contributed by atoms with Crippen LogP contribution in [0.15, 0.2) is 83.7 Å². The molecule has 5 aromatic rings. The highest BCUT2D eigenvalue weighted by molar-refractivity contribution is 5.83. The molecule has 1 saturated carbocycles. The summed E-state index contributed by atoms with van der Waals surface area (Å²) < 4.78 is 13.2. The average molecular weight is 549 g/mol. The van der Waals surface area contributed by atoms with Crippen LogP contribution in [0.1, 0.15) is 60.3 Å². The lowest BCUT2D eigenvalue weighted by atomic mass is 10.0. The standard InChI is InChI=1S/C32H32N6O3/c39-32-26(17-24-18-28-29(41-21-40-28)19-27(24)33-32)30(31-34-35-36-38(31)25-13-7-8-14-25)37(20-23-11-5-2-6-12-23)16-15-22-9-3-1-4-10-22/h1-6,9-12,17-19,25,30H,7-8,13-16,20-21H2,(H,33,39)/t30-/m0/s1. The van der Waals surface area contributed by atoms with E-state index in [0.717, 1.165) is 43.1 Å². The fraction of sp³-hybridized carbons (Fsp3) is 0.312. The number of hydrogen-bond acceptors (Lipinski definition) is 7. The number of fused-ring (bicyclic) bond motifs is 2. The van der Waals surface area contributed by atoms with Gasteiger partial charge >= 0.3 is 0 Å². The van der Waals surface area contributed by atoms with E-state index >= 15 is 0 Å². The monoisotopic (exact) mass is 548 g/mol. The molecule has 0 unspecified atom stereocenters. The third-order valence-electron chi connectivity index (χ3n) is 8.22. The summed E-state index contributed by atoms with van der Waals surface area (Å²) in [6.45, 7) is 1.51. The van der Waals surface area contributed by atoms with Crippen molar-refractivity contribution >= 4 is 10.9 Å². The molecule has 0 spiro atoms. The molecule has 0 saturated heterocycles. The van der Waals surface area contributed by atoms with Gasteiger partial charge in [0.15, 0.2) is 17.3 Å². The van der Waals surface area contributed by atoms with Crippen LogP contribution >= 0.6 is 0 Å². The first kappa shape index (κ1) is 25.5. The Labute approximate surface area is 237 Å². The Morgan fingerprint density at radius 1 is 0.927 bits per heavy atom. The van der Waals surface area contributed by atoms with Crippen LogP contribution in [0.3, 0.4) is 0 Å². The summed E-state index contributed by atoms with van der Waals surface area (Å²) in [5.74, 6) is 2.01. The highest BCUT2D eigenvalue weighted by atomic mass is 16.7. The Morgan fingerprint density at radius 3 is 2.39 bits per heavy atom. The van der Waals surface area contributed by atoms with E-state index in [1.165, 1.54) is 5.56 Å². The van der Waals surface area contributed by atoms with Crippen molar-refractivity contribution in [2.75, 3.05) is 13.3 Å². The number of nitrogens with one attached hydrogen (secondary N) is 1. The van der Waals surface area contributed by atoms with Gasteiger partial charge in [0.05, 0.1) is 11.6 Å². The van der Waals surface area contributed by atoms with E-state index in [9.17, 15) is 4.79 Å². The van der Waals surface area contributed by atoms with Crippen molar-refractivity contribution in [1.82, 2.24) is 30.1 Å². The van der Waals surface area contributed by atoms with Crippen molar-refractivity contribution in [2.24, 2.45) is 0 Å². The highest BCUT2D eigenvalue weighted by Gasteiger charge is 2.33. The predicted octanol–water partition coefficient (Wildman–Crippen LogP) is 5.19. The van der Waals surface area contributed by atoms with E-state index in [2.05, 4.69) is 61.8 Å². The third-order valence-corrected chi connectivity index (χ3v) is 8.22. The van der Waals surface area contributed by atoms with E-state index in [1.54, 1.807) is 0 Å². The van der Waals surface area contributed by atoms with Gasteiger partial charge in [-0.3, -0.25) is 9.69 Å². The number of ether oxygens (including phenoxy) is 2. The molecule has 0 amide bonds. The van der Waals surface area contributed by atoms with Crippen LogP contribution in [0.2, 0.25) is 0 Å². The number of pyridine rings is 1. The van der Waals surface area contributed by atoms with E-state index in [-0.39, 0.29) is 18.4 Å². The Hall–Kier alpha value is -4.50. The first-order chi connectivity index (χ1) is 20.2. The zero-order chi connectivity index (χ0) is 27.6. The van der Waals surface area contributed by atoms with Crippen molar-refractivity contribution in [2.45, 2.75) is 50.7 Å². The number of tetrazole rings is 1. The van der Waals surface area contributed by atoms with Gasteiger partial charge in [-0.25, -0.2) is 4.68 Å². The second-order valence-corrected chi connectivity index (χ2v) is 10.9. The minimum Gasteiger partial charge on any atom is -0.454 e. The van der Waals surface area contributed by atoms with Crippen molar-refractivity contribution in [3.63, 3.8) is 0 Å². The summed E-state index contributed by atoms with van der Waals surface area (Å²) in [4.78, 5) is 19.4. The van der Waals surface area contributed by atoms with Gasteiger partial charge in [0, 0.05) is 30.1 Å². The Bertz CT molecular complexity index is 1700. The summed E-state index contributed by atoms with van der Waals surface area (Å²) in [7, 11) is 0. The zero-order valence-corrected chi connectivity index (χ0v) is 22.8. The molecule has 1 aliphatic carbocycles. The van der Waals surface area contributed by atoms with Crippen LogP contribution in [0, 0.1) is 0 Å². The lowest BCUT2D eigenvalue weighted by molar-refractivity contribution is 0.174. The van der Waals surface area contributed by atoms with E-state index < -0.39 is 6.04 Å². The largest absolute Gasteiger partial charge is 0.454 e. The molecule has 3 heterocycles. The van der Waals surface area contributed by atoms with Crippen LogP contribution in [-0.2, 0) is 13.0 Å². The topological polar surface area (TPSA) is 98.2 Å². The SMILES string of the molecule is O=c1[nH]c2cc3c(cc2cc1[C@@H](c1nnnn1C1CCCC1)N(CCc1ccccc1)Cc1ccccc1)OCO3. The lowest BCUT2D eigenvalue weighted by Gasteiger charge is -2.32. The van der Waals surface area contributed by atoms with Gasteiger partial charge in [0.25, 0.3) is 5.56 Å². The molecule has 3 aromatic carbocycles. The quantitative estimate of drug-likeness (QED) is 0.271. The number of rotatable bonds is 9. The third kappa shape index (κ3) is 5.20. The maximum Gasteiger partial charge on any atom is 0.253 e. The average Bonchev–Trinajstić information content (AvgIpc) is 3.78. The predicted molar refractivity (Wildman–Crippen MR) is 155 cm³/mol. The fourth-order valence-electron chi connectivity index (χ4n) is 6.14. The summed E-state index contributed by atoms with van der Waals surface area (Å²) in [5, 5.41) is 14.1. The molecule has 1 fully saturated rings. The van der Waals surface area contributed by atoms with Crippen LogP contribution in [-0.4, -0.2) is 43.4 Å². The van der Waals surface area contributed by atoms with Gasteiger partial charge in [0.2, 0.25) is 6.79 Å². The van der Waals surface area contributed by atoms with Gasteiger partial charge in [-0.1, -0.05) is 73.5 Å². The molecule has 2 aliphatic rings. The number of H-pyrrole nitrogens is 1. The molecule has 41 heavy (non-hydrogen) atoms. The molecule has 1 atom stereocenters. The first-order valence-electron chi connectivity index (χ1n) is 14.3. The summed E-state index contributed by atoms with van der Waals surface area (Å²) in [5.41, 5.74) is 3.54. The molecule has 9 nitrogen and oxygen atoms in total. The van der Waals surface area contributed by atoms with Gasteiger partial charge in [-0.15, -0.1) is 5.10 Å². The Balaban J connectivity index is 1.37. The second kappa shape index (κ2) is 11.2. The van der Waals surface area contributed by atoms with E-state index in [4.69, 9.17) is 9.47 Å². The Morgan fingerprint density at radius 2 is 1.63 bits per heavy atom. The zero-order valence-electron chi connectivity index (χ0n) is 22.8. The molecule has 1 aliphatic heterocycles. The normalized spacial score (nSPS) is 15.6. The maximum atomic E-state index is 13.9. The number of benzene rings is 3. The van der Waals surface area contributed by atoms with Gasteiger partial charge in [-0.05, 0) is 52.9 Å². The van der Waals surface area contributed by atoms with Crippen LogP contribution < -0.4 is 15.0 Å². The van der Waals surface area contributed by atoms with E-state index in [0.29, 0.717) is 41.5 Å². The van der Waals surface area contributed by atoms with Crippen molar-refractivity contribution in [3.05, 3.63) is 112 Å². The van der Waals surface area contributed by atoms with Crippen LogP contribution in [0.5, 0.6) is 11.5 Å². The van der Waals surface area contributed by atoms with Gasteiger partial charge < -0.3 is 14.5 Å². The smallest absolute Gasteiger partial charge is 0.253 e. The second-order valence-electron chi connectivity index (χ2n) is 10.9. The highest BCUT2D eigenvalue weighted by Crippen LogP contribution is 2.38. The van der Waals surface area contributed by atoms with Gasteiger partial charge in [-0.2, -0.15) is 0 Å². The molecule has 9 heteroatoms. The molecular formula is C32H32N6O3. The number of aromatic amines is 1. The molecule has 7 rings (SSSR count). The summed E-state index contributed by atoms with van der Waals surface area (Å²) in [6, 6.07) is 26.3.